The summed E-state index contributed by atoms with van der Waals surface area (Å²) in [6.45, 7) is 17.3. The van der Waals surface area contributed by atoms with Crippen LogP contribution in [-0.4, -0.2) is 0 Å². The molecule has 5 aromatic rings. The maximum absolute atomic E-state index is 8.84. The summed E-state index contributed by atoms with van der Waals surface area (Å²) in [6.07, 6.45) is 0.245. The molecule has 0 radical (unpaired) electrons. The van der Waals surface area contributed by atoms with Crippen molar-refractivity contribution >= 4 is 27.6 Å². The average molecular weight is 467 g/mol. The van der Waals surface area contributed by atoms with Crippen LogP contribution in [0.15, 0.2) is 71.2 Å². The van der Waals surface area contributed by atoms with Gasteiger partial charge in [-0.3, -0.25) is 0 Å². The third kappa shape index (κ3) is 4.00. The Morgan fingerprint density at radius 3 is 2.29 bits per heavy atom. The van der Waals surface area contributed by atoms with Crippen LogP contribution in [0.2, 0.25) is 0 Å². The molecule has 0 aliphatic carbocycles. The summed E-state index contributed by atoms with van der Waals surface area (Å²) in [5, 5.41) is 1.41. The Hall–Kier alpha value is -3.90. The molecule has 0 saturated carbocycles. The summed E-state index contributed by atoms with van der Waals surface area (Å²) in [5.41, 5.74) is 4.27. The van der Waals surface area contributed by atoms with Gasteiger partial charge < -0.3 is 4.42 Å². The molecule has 0 bridgehead atoms. The second-order valence-electron chi connectivity index (χ2n) is 9.93. The second-order valence-corrected chi connectivity index (χ2v) is 9.93. The van der Waals surface area contributed by atoms with Crippen molar-refractivity contribution in [2.45, 2.75) is 41.0 Å². The van der Waals surface area contributed by atoms with Gasteiger partial charge in [0, 0.05) is 30.7 Å². The minimum absolute atomic E-state index is 0.0786. The Morgan fingerprint density at radius 2 is 1.63 bits per heavy atom. The number of rotatable bonds is 3. The standard InChI is InChI=1S/C32H31N2O/c1-20-13-14-24-25-15-16-26(33-6)29(22-11-9-8-10-12-22)31(25)35-30(24)28(20)27-17-21(2)23(19-34(27)7)18-32(3,4)5/h8-17,19H,18H2,1-5,7H3/q+1/i8D,9D,10D,11D,12D,18D2. The summed E-state index contributed by atoms with van der Waals surface area (Å²) in [7, 11) is 1.87. The largest absolute Gasteiger partial charge is 0.456 e. The monoisotopic (exact) mass is 466 g/mol. The third-order valence-corrected chi connectivity index (χ3v) is 6.11. The highest BCUT2D eigenvalue weighted by atomic mass is 16.3. The van der Waals surface area contributed by atoms with Crippen molar-refractivity contribution in [3.63, 3.8) is 0 Å². The quantitative estimate of drug-likeness (QED) is 0.193. The minimum Gasteiger partial charge on any atom is -0.456 e. The van der Waals surface area contributed by atoms with E-state index < -0.39 is 42.0 Å². The third-order valence-electron chi connectivity index (χ3n) is 6.11. The van der Waals surface area contributed by atoms with Gasteiger partial charge in [0.05, 0.1) is 19.0 Å². The highest BCUT2D eigenvalue weighted by Crippen LogP contribution is 2.44. The molecule has 2 heterocycles. The van der Waals surface area contributed by atoms with Crippen LogP contribution in [0.5, 0.6) is 0 Å². The van der Waals surface area contributed by atoms with Gasteiger partial charge in [0.1, 0.15) is 18.2 Å². The van der Waals surface area contributed by atoms with E-state index in [-0.39, 0.29) is 22.4 Å². The molecular weight excluding hydrogens is 428 g/mol. The van der Waals surface area contributed by atoms with Gasteiger partial charge in [0.25, 0.3) is 0 Å². The number of aryl methyl sites for hydroxylation is 3. The molecule has 0 aliphatic rings. The van der Waals surface area contributed by atoms with Gasteiger partial charge in [0.15, 0.2) is 11.9 Å². The van der Waals surface area contributed by atoms with E-state index in [2.05, 4.69) is 4.85 Å². The van der Waals surface area contributed by atoms with Crippen molar-refractivity contribution in [1.29, 1.82) is 0 Å². The fourth-order valence-corrected chi connectivity index (χ4v) is 4.55. The smallest absolute Gasteiger partial charge is 0.216 e. The van der Waals surface area contributed by atoms with Crippen molar-refractivity contribution in [1.82, 2.24) is 0 Å². The van der Waals surface area contributed by atoms with Gasteiger partial charge in [-0.15, -0.1) is 0 Å². The lowest BCUT2D eigenvalue weighted by molar-refractivity contribution is -0.660. The predicted octanol–water partition coefficient (Wildman–Crippen LogP) is 8.50. The topological polar surface area (TPSA) is 21.4 Å². The lowest BCUT2D eigenvalue weighted by Gasteiger charge is -2.19. The maximum atomic E-state index is 8.84. The van der Waals surface area contributed by atoms with Gasteiger partial charge in [-0.1, -0.05) is 75.2 Å². The van der Waals surface area contributed by atoms with E-state index in [4.69, 9.17) is 20.6 Å². The van der Waals surface area contributed by atoms with Gasteiger partial charge in [0.2, 0.25) is 5.69 Å². The SMILES string of the molecule is [2H]c1c([2H])c([2H])c(-c2c([N+]#[C-])ccc3c2oc2c(-c4cc(C)c(C([2H])([2H])C(C)(C)C)c[n+]4C)c(C)ccc23)c([2H])c1[2H]. The van der Waals surface area contributed by atoms with Crippen molar-refractivity contribution in [2.24, 2.45) is 12.5 Å². The van der Waals surface area contributed by atoms with Crippen molar-refractivity contribution in [2.75, 3.05) is 0 Å². The van der Waals surface area contributed by atoms with Gasteiger partial charge in [-0.05, 0) is 42.3 Å². The molecule has 0 unspecified atom stereocenters. The molecule has 0 atom stereocenters. The minimum atomic E-state index is -1.58. The van der Waals surface area contributed by atoms with E-state index in [0.717, 1.165) is 27.8 Å². The molecule has 174 valence electrons. The van der Waals surface area contributed by atoms with Crippen LogP contribution < -0.4 is 4.57 Å². The lowest BCUT2D eigenvalue weighted by atomic mass is 9.86. The molecule has 2 aromatic heterocycles. The second kappa shape index (κ2) is 8.40. The summed E-state index contributed by atoms with van der Waals surface area (Å²) >= 11 is 0. The Balaban J connectivity index is 1.88. The number of pyridine rings is 1. The van der Waals surface area contributed by atoms with Crippen molar-refractivity contribution in [3.05, 3.63) is 94.8 Å². The van der Waals surface area contributed by atoms with Gasteiger partial charge in [-0.25, -0.2) is 9.41 Å². The summed E-state index contributed by atoms with van der Waals surface area (Å²) < 4.78 is 67.7. The molecule has 5 rings (SSSR count). The first-order valence-electron chi connectivity index (χ1n) is 15.0. The molecule has 0 spiro atoms. The zero-order valence-electron chi connectivity index (χ0n) is 27.8. The molecule has 0 saturated heterocycles. The molecule has 35 heavy (non-hydrogen) atoms. The van der Waals surface area contributed by atoms with Crippen molar-refractivity contribution < 1.29 is 18.6 Å². The summed E-state index contributed by atoms with van der Waals surface area (Å²) in [4.78, 5) is 3.62. The van der Waals surface area contributed by atoms with E-state index in [1.54, 1.807) is 12.1 Å². The highest BCUT2D eigenvalue weighted by molar-refractivity contribution is 6.15. The fourth-order valence-electron chi connectivity index (χ4n) is 4.55. The van der Waals surface area contributed by atoms with Crippen LogP contribution in [0.1, 0.15) is 47.1 Å². The fraction of sp³-hybridized carbons (Fsp3) is 0.250. The van der Waals surface area contributed by atoms with Crippen LogP contribution >= 0.6 is 0 Å². The molecule has 0 fully saturated rings. The number of hydrogen-bond acceptors (Lipinski definition) is 1. The van der Waals surface area contributed by atoms with Gasteiger partial charge in [-0.2, -0.15) is 0 Å². The Bertz CT molecular complexity index is 1970. The van der Waals surface area contributed by atoms with E-state index in [9.17, 15) is 0 Å². The molecule has 3 nitrogen and oxygen atoms in total. The van der Waals surface area contributed by atoms with E-state index in [1.807, 2.05) is 70.6 Å². The maximum Gasteiger partial charge on any atom is 0.216 e. The van der Waals surface area contributed by atoms with Crippen LogP contribution in [0.4, 0.5) is 5.69 Å². The zero-order valence-corrected chi connectivity index (χ0v) is 20.8. The summed E-state index contributed by atoms with van der Waals surface area (Å²) in [5.74, 6) is 0. The van der Waals surface area contributed by atoms with E-state index >= 15 is 0 Å². The van der Waals surface area contributed by atoms with Crippen LogP contribution in [0.3, 0.4) is 0 Å². The summed E-state index contributed by atoms with van der Waals surface area (Å²) in [6, 6.07) is 6.92. The Labute approximate surface area is 217 Å². The molecule has 3 aromatic carbocycles. The number of benzene rings is 3. The van der Waals surface area contributed by atoms with Crippen LogP contribution in [-0.2, 0) is 13.4 Å². The first-order chi connectivity index (χ1) is 19.5. The normalized spacial score (nSPS) is 15.1. The molecule has 0 aliphatic heterocycles. The predicted molar refractivity (Wildman–Crippen MR) is 145 cm³/mol. The Kier molecular flexibility index (Phi) is 3.81. The number of fused-ring (bicyclic) bond motifs is 3. The number of nitrogens with zero attached hydrogens (tertiary/aromatic N) is 2. The first kappa shape index (κ1) is 15.9. The van der Waals surface area contributed by atoms with Gasteiger partial charge >= 0.3 is 0 Å². The van der Waals surface area contributed by atoms with Crippen molar-refractivity contribution in [3.8, 4) is 22.4 Å². The number of furan rings is 1. The number of hydrogen-bond donors (Lipinski definition) is 0. The molecule has 0 N–H and O–H groups in total. The highest BCUT2D eigenvalue weighted by Gasteiger charge is 2.25. The average Bonchev–Trinajstić information content (AvgIpc) is 3.30. The van der Waals surface area contributed by atoms with E-state index in [1.165, 1.54) is 0 Å². The van der Waals surface area contributed by atoms with Crippen LogP contribution in [0, 0.1) is 25.8 Å². The van der Waals surface area contributed by atoms with E-state index in [0.29, 0.717) is 16.5 Å². The first-order valence-corrected chi connectivity index (χ1v) is 11.5. The zero-order chi connectivity index (χ0) is 31.0. The molecule has 3 heteroatoms. The Morgan fingerprint density at radius 1 is 0.971 bits per heavy atom. The lowest BCUT2D eigenvalue weighted by Crippen LogP contribution is -2.32. The number of aromatic nitrogens is 1. The van der Waals surface area contributed by atoms with Crippen LogP contribution in [0.25, 0.3) is 49.2 Å². The molecular formula is C32H31N2O+. The molecule has 0 amide bonds.